The summed E-state index contributed by atoms with van der Waals surface area (Å²) >= 11 is 6.07. The van der Waals surface area contributed by atoms with E-state index >= 15 is 0 Å². The molecule has 172 valence electrons. The highest BCUT2D eigenvalue weighted by atomic mass is 35.5. The van der Waals surface area contributed by atoms with Gasteiger partial charge in [-0.05, 0) is 46.7 Å². The molecular formula is C27H18ClN3O4. The Kier molecular flexibility index (Phi) is 7.05. The number of ether oxygens (including phenoxy) is 1. The predicted octanol–water partition coefficient (Wildman–Crippen LogP) is 6.53. The van der Waals surface area contributed by atoms with E-state index in [9.17, 15) is 20.2 Å². The van der Waals surface area contributed by atoms with Crippen molar-refractivity contribution in [3.8, 4) is 11.8 Å². The zero-order valence-electron chi connectivity index (χ0n) is 18.3. The van der Waals surface area contributed by atoms with Crippen LogP contribution in [0.5, 0.6) is 5.75 Å². The largest absolute Gasteiger partial charge is 0.488 e. The molecule has 35 heavy (non-hydrogen) atoms. The molecule has 1 N–H and O–H groups in total. The van der Waals surface area contributed by atoms with Crippen molar-refractivity contribution in [1.29, 1.82) is 5.26 Å². The topological polar surface area (TPSA) is 105 Å². The lowest BCUT2D eigenvalue weighted by molar-refractivity contribution is -0.384. The van der Waals surface area contributed by atoms with Crippen LogP contribution in [-0.4, -0.2) is 10.8 Å². The lowest BCUT2D eigenvalue weighted by atomic mass is 10.0. The van der Waals surface area contributed by atoms with Gasteiger partial charge in [-0.2, -0.15) is 5.26 Å². The van der Waals surface area contributed by atoms with Crippen molar-refractivity contribution in [3.63, 3.8) is 0 Å². The van der Waals surface area contributed by atoms with Gasteiger partial charge < -0.3 is 10.1 Å². The van der Waals surface area contributed by atoms with E-state index in [1.54, 1.807) is 18.2 Å². The van der Waals surface area contributed by atoms with Crippen LogP contribution >= 0.6 is 11.6 Å². The molecule has 4 aromatic rings. The molecule has 0 bridgehead atoms. The van der Waals surface area contributed by atoms with Gasteiger partial charge in [-0.3, -0.25) is 14.9 Å². The Morgan fingerprint density at radius 2 is 1.86 bits per heavy atom. The number of amides is 1. The second-order valence-electron chi connectivity index (χ2n) is 7.55. The second-order valence-corrected chi connectivity index (χ2v) is 7.98. The molecule has 0 spiro atoms. The van der Waals surface area contributed by atoms with Gasteiger partial charge in [-0.25, -0.2) is 0 Å². The van der Waals surface area contributed by atoms with Crippen molar-refractivity contribution in [2.45, 2.75) is 6.61 Å². The number of hydrogen-bond acceptors (Lipinski definition) is 5. The summed E-state index contributed by atoms with van der Waals surface area (Å²) in [5, 5.41) is 25.6. The highest BCUT2D eigenvalue weighted by molar-refractivity contribution is 6.30. The molecule has 0 radical (unpaired) electrons. The van der Waals surface area contributed by atoms with Gasteiger partial charge in [0.05, 0.1) is 4.92 Å². The molecule has 8 heteroatoms. The number of nitriles is 1. The Balaban J connectivity index is 1.69. The Morgan fingerprint density at radius 3 is 2.63 bits per heavy atom. The molecule has 0 saturated carbocycles. The van der Waals surface area contributed by atoms with Gasteiger partial charge in [0.1, 0.15) is 24.0 Å². The van der Waals surface area contributed by atoms with Crippen LogP contribution in [0.4, 0.5) is 11.4 Å². The van der Waals surface area contributed by atoms with E-state index in [1.165, 1.54) is 30.3 Å². The number of benzene rings is 4. The zero-order valence-corrected chi connectivity index (χ0v) is 19.0. The normalized spacial score (nSPS) is 11.0. The third kappa shape index (κ3) is 5.64. The molecule has 0 atom stereocenters. The molecule has 0 saturated heterocycles. The van der Waals surface area contributed by atoms with Crippen molar-refractivity contribution in [2.75, 3.05) is 5.32 Å². The van der Waals surface area contributed by atoms with E-state index in [0.29, 0.717) is 16.3 Å². The molecule has 4 aromatic carbocycles. The van der Waals surface area contributed by atoms with Gasteiger partial charge in [0.2, 0.25) is 0 Å². The third-order valence-electron chi connectivity index (χ3n) is 5.18. The number of nitro groups is 1. The Morgan fingerprint density at radius 1 is 1.06 bits per heavy atom. The van der Waals surface area contributed by atoms with E-state index in [2.05, 4.69) is 5.32 Å². The van der Waals surface area contributed by atoms with Gasteiger partial charge in [-0.15, -0.1) is 0 Å². The molecule has 7 nitrogen and oxygen atoms in total. The molecule has 0 aliphatic heterocycles. The molecule has 0 unspecified atom stereocenters. The van der Waals surface area contributed by atoms with Crippen molar-refractivity contribution in [1.82, 2.24) is 0 Å². The van der Waals surface area contributed by atoms with Crippen molar-refractivity contribution < 1.29 is 14.5 Å². The van der Waals surface area contributed by atoms with Crippen LogP contribution in [-0.2, 0) is 11.4 Å². The summed E-state index contributed by atoms with van der Waals surface area (Å²) in [6, 6.07) is 25.9. The molecule has 0 aliphatic carbocycles. The number of carbonyl (C=O) groups excluding carboxylic acids is 1. The smallest absolute Gasteiger partial charge is 0.271 e. The minimum Gasteiger partial charge on any atom is -0.488 e. The average Bonchev–Trinajstić information content (AvgIpc) is 2.86. The predicted molar refractivity (Wildman–Crippen MR) is 135 cm³/mol. The van der Waals surface area contributed by atoms with Gasteiger partial charge in [0.25, 0.3) is 11.6 Å². The number of nitrogens with one attached hydrogen (secondary N) is 1. The fourth-order valence-corrected chi connectivity index (χ4v) is 3.74. The lowest BCUT2D eigenvalue weighted by Crippen LogP contribution is -2.13. The maximum Gasteiger partial charge on any atom is 0.271 e. The number of nitro benzene ring substituents is 1. The summed E-state index contributed by atoms with van der Waals surface area (Å²) in [5.74, 6) is -0.207. The Bertz CT molecular complexity index is 1510. The number of non-ortho nitro benzene ring substituents is 1. The first-order valence-corrected chi connectivity index (χ1v) is 10.9. The molecule has 1 amide bonds. The molecule has 0 aliphatic rings. The highest BCUT2D eigenvalue weighted by Crippen LogP contribution is 2.31. The number of rotatable bonds is 7. The monoisotopic (exact) mass is 483 g/mol. The van der Waals surface area contributed by atoms with E-state index in [0.717, 1.165) is 16.3 Å². The van der Waals surface area contributed by atoms with Crippen molar-refractivity contribution in [3.05, 3.63) is 117 Å². The van der Waals surface area contributed by atoms with E-state index in [4.69, 9.17) is 16.3 Å². The van der Waals surface area contributed by atoms with Crippen LogP contribution < -0.4 is 10.1 Å². The fourth-order valence-electron chi connectivity index (χ4n) is 3.53. The molecule has 0 fully saturated rings. The minimum absolute atomic E-state index is 0.170. The second kappa shape index (κ2) is 10.5. The first-order chi connectivity index (χ1) is 16.9. The first-order valence-electron chi connectivity index (χ1n) is 10.5. The number of carbonyl (C=O) groups is 1. The van der Waals surface area contributed by atoms with Crippen LogP contribution in [0, 0.1) is 21.4 Å². The summed E-state index contributed by atoms with van der Waals surface area (Å²) < 4.78 is 6.05. The van der Waals surface area contributed by atoms with E-state index in [1.807, 2.05) is 48.5 Å². The number of nitrogens with zero attached hydrogens (tertiary/aromatic N) is 2. The van der Waals surface area contributed by atoms with E-state index < -0.39 is 10.8 Å². The summed E-state index contributed by atoms with van der Waals surface area (Å²) in [4.78, 5) is 23.3. The van der Waals surface area contributed by atoms with Crippen LogP contribution in [0.1, 0.15) is 11.1 Å². The number of anilines is 1. The van der Waals surface area contributed by atoms with Crippen molar-refractivity contribution in [2.24, 2.45) is 0 Å². The number of hydrogen-bond donors (Lipinski definition) is 1. The van der Waals surface area contributed by atoms with Gasteiger partial charge in [-0.1, -0.05) is 60.1 Å². The summed E-state index contributed by atoms with van der Waals surface area (Å²) in [5.41, 5.74) is 1.29. The van der Waals surface area contributed by atoms with E-state index in [-0.39, 0.29) is 23.6 Å². The fraction of sp³-hybridized carbons (Fsp3) is 0.0370. The molecule has 0 heterocycles. The Hall–Kier alpha value is -4.67. The summed E-state index contributed by atoms with van der Waals surface area (Å²) in [6.45, 7) is 0.238. The van der Waals surface area contributed by atoms with Crippen LogP contribution in [0.2, 0.25) is 5.02 Å². The standard InChI is InChI=1S/C27H18ClN3O4/c28-21-7-3-5-18(13-21)17-35-26-12-11-19-6-1-2-10-24(19)25(26)14-20(16-29)27(32)30-22-8-4-9-23(15-22)31(33)34/h1-15H,17H2,(H,30,32)/b20-14+. The SMILES string of the molecule is N#C/C(=C\c1c(OCc2cccc(Cl)c2)ccc2ccccc12)C(=O)Nc1cccc([N+](=O)[O-])c1. The molecule has 0 aromatic heterocycles. The summed E-state index contributed by atoms with van der Waals surface area (Å²) in [6.07, 6.45) is 1.46. The average molecular weight is 484 g/mol. The third-order valence-corrected chi connectivity index (χ3v) is 5.42. The zero-order chi connectivity index (χ0) is 24.8. The van der Waals surface area contributed by atoms with Crippen LogP contribution in [0.25, 0.3) is 16.8 Å². The minimum atomic E-state index is -0.693. The molecular weight excluding hydrogens is 466 g/mol. The van der Waals surface area contributed by atoms with Crippen LogP contribution in [0.15, 0.2) is 90.5 Å². The Labute approximate surface area is 206 Å². The van der Waals surface area contributed by atoms with Crippen molar-refractivity contribution >= 4 is 45.7 Å². The highest BCUT2D eigenvalue weighted by Gasteiger charge is 2.15. The maximum absolute atomic E-state index is 12.9. The van der Waals surface area contributed by atoms with Gasteiger partial charge >= 0.3 is 0 Å². The first kappa shape index (κ1) is 23.5. The van der Waals surface area contributed by atoms with Gasteiger partial charge in [0.15, 0.2) is 0 Å². The summed E-state index contributed by atoms with van der Waals surface area (Å²) in [7, 11) is 0. The lowest BCUT2D eigenvalue weighted by Gasteiger charge is -2.13. The quantitative estimate of drug-likeness (QED) is 0.139. The number of fused-ring (bicyclic) bond motifs is 1. The molecule has 4 rings (SSSR count). The number of halogens is 1. The van der Waals surface area contributed by atoms with Crippen LogP contribution in [0.3, 0.4) is 0 Å². The maximum atomic E-state index is 12.9. The van der Waals surface area contributed by atoms with Gasteiger partial charge in [0, 0.05) is 28.4 Å².